The molecule has 0 saturated carbocycles. The van der Waals surface area contributed by atoms with Crippen LogP contribution in [0.25, 0.3) is 0 Å². The molecule has 0 saturated heterocycles. The third-order valence-electron chi connectivity index (χ3n) is 1.75. The minimum absolute atomic E-state index is 0.397. The van der Waals surface area contributed by atoms with E-state index in [9.17, 15) is 0 Å². The van der Waals surface area contributed by atoms with Crippen molar-refractivity contribution in [2.45, 2.75) is 13.5 Å². The Morgan fingerprint density at radius 1 is 1.40 bits per heavy atom. The summed E-state index contributed by atoms with van der Waals surface area (Å²) in [5, 5.41) is 11.2. The lowest BCUT2D eigenvalue weighted by molar-refractivity contribution is 1.01. The molecule has 0 unspecified atom stereocenters. The van der Waals surface area contributed by atoms with E-state index in [-0.39, 0.29) is 0 Å². The van der Waals surface area contributed by atoms with E-state index in [1.165, 1.54) is 16.4 Å². The van der Waals surface area contributed by atoms with Gasteiger partial charge in [0.15, 0.2) is 5.15 Å². The van der Waals surface area contributed by atoms with Crippen LogP contribution in [0.5, 0.6) is 0 Å². The van der Waals surface area contributed by atoms with Crippen LogP contribution in [0.4, 0.5) is 5.82 Å². The lowest BCUT2D eigenvalue weighted by Gasteiger charge is -2.01. The van der Waals surface area contributed by atoms with Crippen molar-refractivity contribution in [3.8, 4) is 0 Å². The summed E-state index contributed by atoms with van der Waals surface area (Å²) >= 11 is 7.11. The van der Waals surface area contributed by atoms with Crippen LogP contribution in [-0.4, -0.2) is 14.6 Å². The highest BCUT2D eigenvalue weighted by Gasteiger charge is 1.99. The molecule has 78 valence electrons. The van der Waals surface area contributed by atoms with E-state index in [0.29, 0.717) is 17.5 Å². The minimum Gasteiger partial charge on any atom is -0.364 e. The molecule has 0 aliphatic rings. The lowest BCUT2D eigenvalue weighted by atomic mass is 10.4. The number of nitrogens with zero attached hydrogens (tertiary/aromatic N) is 3. The zero-order valence-electron chi connectivity index (χ0n) is 8.07. The van der Waals surface area contributed by atoms with Crippen molar-refractivity contribution in [1.29, 1.82) is 0 Å². The van der Waals surface area contributed by atoms with Crippen LogP contribution in [0.3, 0.4) is 0 Å². The SMILES string of the molecule is Cc1cc(CNc2ccc(Cl)nn2)sn1. The topological polar surface area (TPSA) is 50.7 Å². The average Bonchev–Trinajstić information content (AvgIpc) is 2.64. The standard InChI is InChI=1S/C9H9ClN4S/c1-6-4-7(15-14-6)5-11-9-3-2-8(10)12-13-9/h2-4H,5H2,1H3,(H,11,13). The molecule has 0 atom stereocenters. The van der Waals surface area contributed by atoms with Crippen LogP contribution in [0.1, 0.15) is 10.6 Å². The molecular weight excluding hydrogens is 232 g/mol. The maximum Gasteiger partial charge on any atom is 0.151 e. The molecule has 4 nitrogen and oxygen atoms in total. The van der Waals surface area contributed by atoms with Gasteiger partial charge in [-0.3, -0.25) is 0 Å². The zero-order valence-corrected chi connectivity index (χ0v) is 9.64. The Morgan fingerprint density at radius 3 is 2.87 bits per heavy atom. The molecule has 15 heavy (non-hydrogen) atoms. The molecule has 0 aliphatic carbocycles. The predicted molar refractivity (Wildman–Crippen MR) is 61.2 cm³/mol. The molecule has 0 fully saturated rings. The number of aryl methyl sites for hydroxylation is 1. The van der Waals surface area contributed by atoms with E-state index in [2.05, 4.69) is 19.9 Å². The number of rotatable bonds is 3. The quantitative estimate of drug-likeness (QED) is 0.896. The highest BCUT2D eigenvalue weighted by molar-refractivity contribution is 7.05. The largest absolute Gasteiger partial charge is 0.364 e. The van der Waals surface area contributed by atoms with Crippen molar-refractivity contribution in [2.24, 2.45) is 0 Å². The zero-order chi connectivity index (χ0) is 10.7. The molecule has 0 bridgehead atoms. The molecule has 1 N–H and O–H groups in total. The van der Waals surface area contributed by atoms with Gasteiger partial charge in [-0.1, -0.05) is 11.6 Å². The molecule has 2 aromatic heterocycles. The minimum atomic E-state index is 0.397. The maximum atomic E-state index is 5.62. The van der Waals surface area contributed by atoms with E-state index >= 15 is 0 Å². The van der Waals surface area contributed by atoms with Crippen LogP contribution in [0.15, 0.2) is 18.2 Å². The van der Waals surface area contributed by atoms with Gasteiger partial charge in [-0.05, 0) is 36.7 Å². The molecule has 6 heteroatoms. The van der Waals surface area contributed by atoms with Crippen molar-refractivity contribution < 1.29 is 0 Å². The third kappa shape index (κ3) is 2.87. The first-order valence-electron chi connectivity index (χ1n) is 4.39. The Bertz CT molecular complexity index is 440. The highest BCUT2D eigenvalue weighted by atomic mass is 35.5. The highest BCUT2D eigenvalue weighted by Crippen LogP contribution is 2.12. The molecule has 0 aliphatic heterocycles. The van der Waals surface area contributed by atoms with Gasteiger partial charge in [0, 0.05) is 4.88 Å². The second-order valence-electron chi connectivity index (χ2n) is 3.03. The monoisotopic (exact) mass is 240 g/mol. The molecule has 2 rings (SSSR count). The molecule has 2 aromatic rings. The second-order valence-corrected chi connectivity index (χ2v) is 4.31. The third-order valence-corrected chi connectivity index (χ3v) is 2.83. The number of hydrogen-bond donors (Lipinski definition) is 1. The van der Waals surface area contributed by atoms with Crippen LogP contribution >= 0.6 is 23.1 Å². The first-order valence-corrected chi connectivity index (χ1v) is 5.54. The Balaban J connectivity index is 1.96. The maximum absolute atomic E-state index is 5.62. The van der Waals surface area contributed by atoms with Crippen LogP contribution in [-0.2, 0) is 6.54 Å². The van der Waals surface area contributed by atoms with Gasteiger partial charge in [0.25, 0.3) is 0 Å². The fraction of sp³-hybridized carbons (Fsp3) is 0.222. The van der Waals surface area contributed by atoms with E-state index in [0.717, 1.165) is 5.69 Å². The number of aromatic nitrogens is 3. The molecule has 0 aromatic carbocycles. The van der Waals surface area contributed by atoms with Gasteiger partial charge in [0.05, 0.1) is 12.2 Å². The fourth-order valence-corrected chi connectivity index (χ4v) is 1.86. The second kappa shape index (κ2) is 4.55. The van der Waals surface area contributed by atoms with Crippen molar-refractivity contribution in [1.82, 2.24) is 14.6 Å². The number of nitrogens with one attached hydrogen (secondary N) is 1. The summed E-state index contributed by atoms with van der Waals surface area (Å²) in [5.41, 5.74) is 1.04. The van der Waals surface area contributed by atoms with Crippen molar-refractivity contribution in [2.75, 3.05) is 5.32 Å². The van der Waals surface area contributed by atoms with Gasteiger partial charge < -0.3 is 5.32 Å². The summed E-state index contributed by atoms with van der Waals surface area (Å²) in [7, 11) is 0. The summed E-state index contributed by atoms with van der Waals surface area (Å²) in [6, 6.07) is 5.54. The van der Waals surface area contributed by atoms with Gasteiger partial charge in [-0.2, -0.15) is 4.37 Å². The molecule has 0 radical (unpaired) electrons. The molecule has 0 spiro atoms. The van der Waals surface area contributed by atoms with Gasteiger partial charge in [0.2, 0.25) is 0 Å². The predicted octanol–water partition coefficient (Wildman–Crippen LogP) is 2.51. The normalized spacial score (nSPS) is 10.3. The van der Waals surface area contributed by atoms with Gasteiger partial charge >= 0.3 is 0 Å². The summed E-state index contributed by atoms with van der Waals surface area (Å²) in [5.74, 6) is 0.713. The summed E-state index contributed by atoms with van der Waals surface area (Å²) in [4.78, 5) is 1.17. The van der Waals surface area contributed by atoms with Crippen LogP contribution in [0, 0.1) is 6.92 Å². The summed E-state index contributed by atoms with van der Waals surface area (Å²) in [6.07, 6.45) is 0. The number of halogens is 1. The van der Waals surface area contributed by atoms with Crippen LogP contribution < -0.4 is 5.32 Å². The average molecular weight is 241 g/mol. The Labute approximate surface area is 96.5 Å². The van der Waals surface area contributed by atoms with Gasteiger partial charge in [-0.15, -0.1) is 10.2 Å². The van der Waals surface area contributed by atoms with Gasteiger partial charge in [0.1, 0.15) is 5.82 Å². The Kier molecular flexibility index (Phi) is 3.13. The Morgan fingerprint density at radius 2 is 2.27 bits per heavy atom. The van der Waals surface area contributed by atoms with Crippen LogP contribution in [0.2, 0.25) is 5.15 Å². The van der Waals surface area contributed by atoms with Crippen molar-refractivity contribution in [3.05, 3.63) is 33.9 Å². The van der Waals surface area contributed by atoms with Crippen molar-refractivity contribution in [3.63, 3.8) is 0 Å². The van der Waals surface area contributed by atoms with Gasteiger partial charge in [-0.25, -0.2) is 0 Å². The fourth-order valence-electron chi connectivity index (χ4n) is 1.09. The van der Waals surface area contributed by atoms with E-state index < -0.39 is 0 Å². The number of hydrogen-bond acceptors (Lipinski definition) is 5. The summed E-state index contributed by atoms with van der Waals surface area (Å²) in [6.45, 7) is 2.68. The van der Waals surface area contributed by atoms with E-state index in [4.69, 9.17) is 11.6 Å². The molecule has 2 heterocycles. The summed E-state index contributed by atoms with van der Waals surface area (Å²) < 4.78 is 4.19. The number of anilines is 1. The lowest BCUT2D eigenvalue weighted by Crippen LogP contribution is -2.00. The smallest absolute Gasteiger partial charge is 0.151 e. The first-order chi connectivity index (χ1) is 7.24. The Hall–Kier alpha value is -1.20. The van der Waals surface area contributed by atoms with E-state index in [1.54, 1.807) is 12.1 Å². The first kappa shape index (κ1) is 10.3. The van der Waals surface area contributed by atoms with Crippen molar-refractivity contribution >= 4 is 29.0 Å². The molecule has 0 amide bonds. The molecular formula is C9H9ClN4S. The van der Waals surface area contributed by atoms with E-state index in [1.807, 2.05) is 13.0 Å².